The Balaban J connectivity index is 1.78. The van der Waals surface area contributed by atoms with Gasteiger partial charge in [-0.15, -0.1) is 0 Å². The van der Waals surface area contributed by atoms with Crippen LogP contribution in [0.5, 0.6) is 0 Å². The van der Waals surface area contributed by atoms with Gasteiger partial charge in [-0.3, -0.25) is 4.79 Å². The molecule has 0 aromatic heterocycles. The molecule has 1 amide bonds. The second-order valence-electron chi connectivity index (χ2n) is 9.06. The summed E-state index contributed by atoms with van der Waals surface area (Å²) in [5.41, 5.74) is 0. The summed E-state index contributed by atoms with van der Waals surface area (Å²) < 4.78 is 27.0. The molecule has 3 heterocycles. The van der Waals surface area contributed by atoms with Crippen LogP contribution in [-0.4, -0.2) is 169 Å². The van der Waals surface area contributed by atoms with Crippen molar-refractivity contribution in [3.8, 4) is 0 Å². The van der Waals surface area contributed by atoms with Gasteiger partial charge in [0.2, 0.25) is 5.91 Å². The normalized spacial score (nSPS) is 49.0. The van der Waals surface area contributed by atoms with Gasteiger partial charge in [-0.05, 0) is 0 Å². The van der Waals surface area contributed by atoms with Crippen LogP contribution < -0.4 is 5.32 Å². The standard InChI is InChI=1S/C20H35NO16/c1-5(25)21-18-13(30)12(29)16(8(4-24)33-18)36-20-15(32)17(10(27)7(3-23)35-20)37-19-14(31)11(28)9(26)6(2-22)34-19/h6-20,22-24,26-32H,2-4H2,1H3,(H,21,25)/t6-,7-,8-,9+,10+,11+,12-,13-,14-,15-,16-,17+,18+,19+,20+/m1/s1. The molecule has 17 nitrogen and oxygen atoms in total. The molecule has 3 aliphatic rings. The third kappa shape index (κ3) is 6.38. The van der Waals surface area contributed by atoms with Gasteiger partial charge in [0.25, 0.3) is 0 Å². The summed E-state index contributed by atoms with van der Waals surface area (Å²) in [7, 11) is 0. The molecule has 0 aromatic rings. The zero-order valence-electron chi connectivity index (χ0n) is 19.7. The molecule has 37 heavy (non-hydrogen) atoms. The lowest BCUT2D eigenvalue weighted by Crippen LogP contribution is -2.67. The van der Waals surface area contributed by atoms with Crippen LogP contribution in [0.1, 0.15) is 6.92 Å². The summed E-state index contributed by atoms with van der Waals surface area (Å²) in [4.78, 5) is 11.3. The zero-order valence-corrected chi connectivity index (χ0v) is 19.7. The Morgan fingerprint density at radius 3 is 1.68 bits per heavy atom. The average Bonchev–Trinajstić information content (AvgIpc) is 2.87. The molecule has 0 aliphatic carbocycles. The number of rotatable bonds is 8. The van der Waals surface area contributed by atoms with Crippen molar-refractivity contribution in [2.45, 2.75) is 99.0 Å². The average molecular weight is 545 g/mol. The second-order valence-corrected chi connectivity index (χ2v) is 9.06. The van der Waals surface area contributed by atoms with Crippen molar-refractivity contribution in [1.82, 2.24) is 5.32 Å². The lowest BCUT2D eigenvalue weighted by molar-refractivity contribution is -0.374. The van der Waals surface area contributed by atoms with Crippen LogP contribution >= 0.6 is 0 Å². The molecule has 17 heteroatoms. The third-order valence-electron chi connectivity index (χ3n) is 6.46. The first-order valence-electron chi connectivity index (χ1n) is 11.6. The molecular weight excluding hydrogens is 510 g/mol. The van der Waals surface area contributed by atoms with E-state index in [2.05, 4.69) is 5.32 Å². The molecule has 0 radical (unpaired) electrons. The van der Waals surface area contributed by atoms with Crippen LogP contribution in [0.4, 0.5) is 0 Å². The predicted octanol–water partition coefficient (Wildman–Crippen LogP) is -7.43. The largest absolute Gasteiger partial charge is 0.394 e. The first kappa shape index (κ1) is 30.4. The molecule has 0 aromatic carbocycles. The molecular formula is C20H35NO16. The van der Waals surface area contributed by atoms with Gasteiger partial charge in [-0.2, -0.15) is 0 Å². The van der Waals surface area contributed by atoms with E-state index in [1.165, 1.54) is 0 Å². The number of carbonyl (C=O) groups is 1. The number of carbonyl (C=O) groups excluding carboxylic acids is 1. The Labute approximate surface area is 210 Å². The van der Waals surface area contributed by atoms with Crippen molar-refractivity contribution in [2.75, 3.05) is 19.8 Å². The number of hydrogen-bond donors (Lipinski definition) is 11. The maximum atomic E-state index is 11.3. The second kappa shape index (κ2) is 12.8. The first-order valence-corrected chi connectivity index (χ1v) is 11.6. The Hall–Kier alpha value is -1.13. The highest BCUT2D eigenvalue weighted by atomic mass is 16.7. The SMILES string of the molecule is CC(=O)N[C@H]1O[C@H](CO)[C@@H](O[C@@H]2O[C@H](CO)[C@H](O)[C@H](O[C@@H]3O[C@H](CO)[C@H](O)[C@H](O)[C@H]3O)[C@H]2O)[C@H](O)[C@H]1O. The topological polar surface area (TPSA) is 278 Å². The number of amides is 1. The lowest BCUT2D eigenvalue weighted by Gasteiger charge is -2.48. The van der Waals surface area contributed by atoms with Gasteiger partial charge >= 0.3 is 0 Å². The lowest BCUT2D eigenvalue weighted by atomic mass is 9.95. The summed E-state index contributed by atoms with van der Waals surface area (Å²) in [5, 5.41) is 103. The van der Waals surface area contributed by atoms with Crippen LogP contribution in [0.2, 0.25) is 0 Å². The Morgan fingerprint density at radius 2 is 1.14 bits per heavy atom. The number of ether oxygens (including phenoxy) is 5. The van der Waals surface area contributed by atoms with Gasteiger partial charge in [0, 0.05) is 6.92 Å². The van der Waals surface area contributed by atoms with E-state index in [0.29, 0.717) is 0 Å². The van der Waals surface area contributed by atoms with Crippen LogP contribution in [0.15, 0.2) is 0 Å². The summed E-state index contributed by atoms with van der Waals surface area (Å²) in [5.74, 6) is -0.591. The Morgan fingerprint density at radius 1 is 0.622 bits per heavy atom. The third-order valence-corrected chi connectivity index (χ3v) is 6.46. The van der Waals surface area contributed by atoms with Crippen molar-refractivity contribution >= 4 is 5.91 Å². The monoisotopic (exact) mass is 545 g/mol. The van der Waals surface area contributed by atoms with Crippen LogP contribution in [0.3, 0.4) is 0 Å². The molecule has 0 saturated carbocycles. The highest BCUT2D eigenvalue weighted by Crippen LogP contribution is 2.32. The molecule has 3 aliphatic heterocycles. The van der Waals surface area contributed by atoms with Crippen LogP contribution in [0.25, 0.3) is 0 Å². The number of nitrogens with one attached hydrogen (secondary N) is 1. The maximum Gasteiger partial charge on any atom is 0.218 e. The summed E-state index contributed by atoms with van der Waals surface area (Å²) >= 11 is 0. The van der Waals surface area contributed by atoms with Gasteiger partial charge in [0.05, 0.1) is 19.8 Å². The Bertz CT molecular complexity index is 743. The fourth-order valence-corrected chi connectivity index (χ4v) is 4.39. The first-order chi connectivity index (χ1) is 17.4. The van der Waals surface area contributed by atoms with E-state index < -0.39 is 118 Å². The maximum absolute atomic E-state index is 11.3. The Kier molecular flexibility index (Phi) is 10.5. The number of hydrogen-bond acceptors (Lipinski definition) is 16. The predicted molar refractivity (Wildman–Crippen MR) is 113 cm³/mol. The van der Waals surface area contributed by atoms with Crippen LogP contribution in [-0.2, 0) is 28.5 Å². The van der Waals surface area contributed by atoms with Crippen molar-refractivity contribution in [1.29, 1.82) is 0 Å². The molecule has 3 rings (SSSR count). The molecule has 3 fully saturated rings. The van der Waals surface area contributed by atoms with E-state index in [1.54, 1.807) is 0 Å². The van der Waals surface area contributed by atoms with Crippen LogP contribution in [0, 0.1) is 0 Å². The fourth-order valence-electron chi connectivity index (χ4n) is 4.39. The molecule has 216 valence electrons. The smallest absolute Gasteiger partial charge is 0.218 e. The molecule has 3 saturated heterocycles. The minimum atomic E-state index is -1.91. The van der Waals surface area contributed by atoms with E-state index in [0.717, 1.165) is 6.92 Å². The molecule has 0 unspecified atom stereocenters. The van der Waals surface area contributed by atoms with Crippen molar-refractivity contribution < 1.29 is 79.5 Å². The van der Waals surface area contributed by atoms with E-state index in [9.17, 15) is 55.9 Å². The van der Waals surface area contributed by atoms with E-state index in [4.69, 9.17) is 23.7 Å². The molecule has 0 bridgehead atoms. The molecule has 11 N–H and O–H groups in total. The van der Waals surface area contributed by atoms with E-state index >= 15 is 0 Å². The minimum absolute atomic E-state index is 0.591. The van der Waals surface area contributed by atoms with Crippen molar-refractivity contribution in [3.05, 3.63) is 0 Å². The quantitative estimate of drug-likeness (QED) is 0.135. The van der Waals surface area contributed by atoms with Gasteiger partial charge < -0.3 is 80.1 Å². The van der Waals surface area contributed by atoms with Gasteiger partial charge in [0.1, 0.15) is 73.2 Å². The van der Waals surface area contributed by atoms with Gasteiger partial charge in [-0.1, -0.05) is 0 Å². The van der Waals surface area contributed by atoms with Crippen molar-refractivity contribution in [2.24, 2.45) is 0 Å². The molecule has 0 spiro atoms. The highest BCUT2D eigenvalue weighted by Gasteiger charge is 2.53. The fraction of sp³-hybridized carbons (Fsp3) is 0.950. The zero-order chi connectivity index (χ0) is 27.6. The summed E-state index contributed by atoms with van der Waals surface area (Å²) in [6.45, 7) is -1.20. The number of aliphatic hydroxyl groups excluding tert-OH is 10. The minimum Gasteiger partial charge on any atom is -0.394 e. The van der Waals surface area contributed by atoms with Crippen molar-refractivity contribution in [3.63, 3.8) is 0 Å². The molecule has 15 atom stereocenters. The van der Waals surface area contributed by atoms with Gasteiger partial charge in [0.15, 0.2) is 18.8 Å². The summed E-state index contributed by atoms with van der Waals surface area (Å²) in [6, 6.07) is 0. The van der Waals surface area contributed by atoms with Gasteiger partial charge in [-0.25, -0.2) is 0 Å². The van der Waals surface area contributed by atoms with E-state index in [-0.39, 0.29) is 0 Å². The highest BCUT2D eigenvalue weighted by molar-refractivity contribution is 5.73. The number of aliphatic hydroxyl groups is 10. The summed E-state index contributed by atoms with van der Waals surface area (Å²) in [6.07, 6.45) is -24.9. The van der Waals surface area contributed by atoms with E-state index in [1.807, 2.05) is 0 Å².